The molecule has 1 rings (SSSR count). The van der Waals surface area contributed by atoms with Gasteiger partial charge in [-0.1, -0.05) is 36.7 Å². The number of benzene rings is 1. The topological polar surface area (TPSA) is 17.1 Å². The van der Waals surface area contributed by atoms with Gasteiger partial charge in [-0.2, -0.15) is 0 Å². The Morgan fingerprint density at radius 1 is 1.38 bits per heavy atom. The highest BCUT2D eigenvalue weighted by Crippen LogP contribution is 2.10. The van der Waals surface area contributed by atoms with Crippen LogP contribution in [-0.2, 0) is 4.79 Å². The maximum absolute atomic E-state index is 10.9. The van der Waals surface area contributed by atoms with Gasteiger partial charge in [0.25, 0.3) is 0 Å². The highest BCUT2D eigenvalue weighted by molar-refractivity contribution is 6.30. The Labute approximate surface area is 83.0 Å². The van der Waals surface area contributed by atoms with Gasteiger partial charge < -0.3 is 0 Å². The Bertz CT molecular complexity index is 311. The Balaban J connectivity index is 2.69. The quantitative estimate of drug-likeness (QED) is 0.675. The van der Waals surface area contributed by atoms with Crippen molar-refractivity contribution < 1.29 is 4.79 Å². The van der Waals surface area contributed by atoms with Crippen molar-refractivity contribution in [3.05, 3.63) is 40.9 Å². The second-order valence-corrected chi connectivity index (χ2v) is 3.14. The summed E-state index contributed by atoms with van der Waals surface area (Å²) in [4.78, 5) is 10.9. The number of halogens is 1. The van der Waals surface area contributed by atoms with Crippen molar-refractivity contribution in [1.82, 2.24) is 0 Å². The summed E-state index contributed by atoms with van der Waals surface area (Å²) in [6.07, 6.45) is 3.93. The number of hydrogen-bond donors (Lipinski definition) is 0. The fraction of sp³-hybridized carbons (Fsp3) is 0.182. The van der Waals surface area contributed by atoms with Gasteiger partial charge in [0.15, 0.2) is 5.78 Å². The Hall–Kier alpha value is -1.08. The molecule has 1 aromatic carbocycles. The molecule has 0 aromatic heterocycles. The van der Waals surface area contributed by atoms with Crippen molar-refractivity contribution in [1.29, 1.82) is 0 Å². The summed E-state index contributed by atoms with van der Waals surface area (Å²) in [5.74, 6) is 0.134. The highest BCUT2D eigenvalue weighted by atomic mass is 35.5. The van der Waals surface area contributed by atoms with E-state index in [1.807, 2.05) is 19.1 Å². The minimum absolute atomic E-state index is 0.134. The van der Waals surface area contributed by atoms with Crippen LogP contribution in [0.15, 0.2) is 30.3 Å². The molecule has 1 aromatic rings. The van der Waals surface area contributed by atoms with E-state index < -0.39 is 0 Å². The van der Waals surface area contributed by atoms with Crippen LogP contribution in [-0.4, -0.2) is 5.78 Å². The van der Waals surface area contributed by atoms with Crippen molar-refractivity contribution in [3.8, 4) is 0 Å². The van der Waals surface area contributed by atoms with Crippen molar-refractivity contribution in [2.24, 2.45) is 0 Å². The summed E-state index contributed by atoms with van der Waals surface area (Å²) >= 11 is 5.71. The van der Waals surface area contributed by atoms with Gasteiger partial charge in [-0.3, -0.25) is 4.79 Å². The molecule has 0 fully saturated rings. The molecule has 0 saturated heterocycles. The van der Waals surface area contributed by atoms with E-state index in [2.05, 4.69) is 0 Å². The number of hydrogen-bond acceptors (Lipinski definition) is 1. The maximum atomic E-state index is 10.9. The van der Waals surface area contributed by atoms with Crippen LogP contribution < -0.4 is 0 Å². The Morgan fingerprint density at radius 3 is 2.54 bits per heavy atom. The molecule has 0 aliphatic carbocycles. The molecule has 0 amide bonds. The molecule has 0 unspecified atom stereocenters. The van der Waals surface area contributed by atoms with Crippen LogP contribution in [0.1, 0.15) is 18.9 Å². The second-order valence-electron chi connectivity index (χ2n) is 2.70. The van der Waals surface area contributed by atoms with E-state index in [-0.39, 0.29) is 5.78 Å². The molecular formula is C11H11ClO. The minimum Gasteiger partial charge on any atom is -0.295 e. The third kappa shape index (κ3) is 3.43. The SMILES string of the molecule is CCC(=O)/C=C\c1ccc(Cl)cc1. The number of ketones is 1. The van der Waals surface area contributed by atoms with Crippen LogP contribution in [0.25, 0.3) is 6.08 Å². The van der Waals surface area contributed by atoms with Gasteiger partial charge in [0.05, 0.1) is 0 Å². The average molecular weight is 195 g/mol. The molecule has 0 heterocycles. The monoisotopic (exact) mass is 194 g/mol. The van der Waals surface area contributed by atoms with Crippen molar-refractivity contribution in [2.45, 2.75) is 13.3 Å². The zero-order valence-electron chi connectivity index (χ0n) is 7.46. The Morgan fingerprint density at radius 2 is 2.00 bits per heavy atom. The van der Waals surface area contributed by atoms with Gasteiger partial charge in [0, 0.05) is 11.4 Å². The van der Waals surface area contributed by atoms with E-state index in [1.54, 1.807) is 24.3 Å². The highest BCUT2D eigenvalue weighted by Gasteiger charge is 1.90. The molecule has 2 heteroatoms. The first kappa shape index (κ1) is 10.0. The third-order valence-electron chi connectivity index (χ3n) is 1.68. The summed E-state index contributed by atoms with van der Waals surface area (Å²) in [7, 11) is 0. The van der Waals surface area contributed by atoms with E-state index >= 15 is 0 Å². The molecule has 0 spiro atoms. The van der Waals surface area contributed by atoms with E-state index in [1.165, 1.54) is 0 Å². The average Bonchev–Trinajstić information content (AvgIpc) is 2.16. The molecule has 1 nitrogen and oxygen atoms in total. The maximum Gasteiger partial charge on any atom is 0.155 e. The molecular weight excluding hydrogens is 184 g/mol. The van der Waals surface area contributed by atoms with Crippen LogP contribution >= 0.6 is 11.6 Å². The number of carbonyl (C=O) groups excluding carboxylic acids is 1. The normalized spacial score (nSPS) is 10.6. The van der Waals surface area contributed by atoms with E-state index in [0.29, 0.717) is 11.4 Å². The summed E-state index contributed by atoms with van der Waals surface area (Å²) in [6.45, 7) is 1.84. The van der Waals surface area contributed by atoms with Gasteiger partial charge in [-0.15, -0.1) is 0 Å². The zero-order chi connectivity index (χ0) is 9.68. The molecule has 13 heavy (non-hydrogen) atoms. The predicted octanol–water partition coefficient (Wildman–Crippen LogP) is 3.33. The molecule has 0 aliphatic heterocycles. The summed E-state index contributed by atoms with van der Waals surface area (Å²) < 4.78 is 0. The fourth-order valence-corrected chi connectivity index (χ4v) is 1.01. The molecule has 0 N–H and O–H groups in total. The number of rotatable bonds is 3. The number of carbonyl (C=O) groups is 1. The lowest BCUT2D eigenvalue weighted by Gasteiger charge is -1.92. The standard InChI is InChI=1S/C11H11ClO/c1-2-11(13)8-5-9-3-6-10(12)7-4-9/h3-8H,2H2,1H3/b8-5-. The van der Waals surface area contributed by atoms with Crippen molar-refractivity contribution in [3.63, 3.8) is 0 Å². The lowest BCUT2D eigenvalue weighted by molar-refractivity contribution is -0.114. The first-order chi connectivity index (χ1) is 6.22. The van der Waals surface area contributed by atoms with Crippen LogP contribution in [0, 0.1) is 0 Å². The first-order valence-corrected chi connectivity index (χ1v) is 4.56. The minimum atomic E-state index is 0.134. The molecule has 0 aliphatic rings. The van der Waals surface area contributed by atoms with Crippen LogP contribution in [0.2, 0.25) is 5.02 Å². The molecule has 0 bridgehead atoms. The fourth-order valence-electron chi connectivity index (χ4n) is 0.881. The third-order valence-corrected chi connectivity index (χ3v) is 1.93. The van der Waals surface area contributed by atoms with Gasteiger partial charge in [0.1, 0.15) is 0 Å². The lowest BCUT2D eigenvalue weighted by Crippen LogP contribution is -1.86. The van der Waals surface area contributed by atoms with Crippen molar-refractivity contribution >= 4 is 23.5 Å². The van der Waals surface area contributed by atoms with Crippen LogP contribution in [0.3, 0.4) is 0 Å². The zero-order valence-corrected chi connectivity index (χ0v) is 8.21. The van der Waals surface area contributed by atoms with E-state index in [4.69, 9.17) is 11.6 Å². The predicted molar refractivity (Wildman–Crippen MR) is 55.8 cm³/mol. The summed E-state index contributed by atoms with van der Waals surface area (Å²) in [5, 5.41) is 0.707. The molecule has 68 valence electrons. The number of allylic oxidation sites excluding steroid dienone is 1. The van der Waals surface area contributed by atoms with Crippen LogP contribution in [0.5, 0.6) is 0 Å². The first-order valence-electron chi connectivity index (χ1n) is 4.19. The summed E-state index contributed by atoms with van der Waals surface area (Å²) in [5.41, 5.74) is 0.992. The van der Waals surface area contributed by atoms with E-state index in [9.17, 15) is 4.79 Å². The van der Waals surface area contributed by atoms with Crippen molar-refractivity contribution in [2.75, 3.05) is 0 Å². The van der Waals surface area contributed by atoms with Crippen LogP contribution in [0.4, 0.5) is 0 Å². The smallest absolute Gasteiger partial charge is 0.155 e. The lowest BCUT2D eigenvalue weighted by atomic mass is 10.2. The largest absolute Gasteiger partial charge is 0.295 e. The van der Waals surface area contributed by atoms with Gasteiger partial charge >= 0.3 is 0 Å². The van der Waals surface area contributed by atoms with Gasteiger partial charge in [0.2, 0.25) is 0 Å². The van der Waals surface area contributed by atoms with Gasteiger partial charge in [-0.25, -0.2) is 0 Å². The van der Waals surface area contributed by atoms with E-state index in [0.717, 1.165) is 5.56 Å². The second kappa shape index (κ2) is 4.83. The summed E-state index contributed by atoms with van der Waals surface area (Å²) in [6, 6.07) is 7.36. The van der Waals surface area contributed by atoms with Gasteiger partial charge in [-0.05, 0) is 23.8 Å². The molecule has 0 saturated carbocycles. The molecule has 0 radical (unpaired) electrons. The molecule has 0 atom stereocenters. The Kier molecular flexibility index (Phi) is 3.71.